The molecule has 0 aliphatic carbocycles. The van der Waals surface area contributed by atoms with E-state index < -0.39 is 0 Å². The average molecular weight is 511 g/mol. The lowest BCUT2D eigenvalue weighted by atomic mass is 10.1. The molecule has 2 aromatic carbocycles. The molecule has 37 heavy (non-hydrogen) atoms. The molecule has 0 unspecified atom stereocenters. The lowest BCUT2D eigenvalue weighted by molar-refractivity contribution is 0.196. The average Bonchev–Trinajstić information content (AvgIpc) is 2.93. The number of ether oxygens (including phenoxy) is 1. The van der Waals surface area contributed by atoms with E-state index in [0.29, 0.717) is 0 Å². The quantitative estimate of drug-likeness (QED) is 0.174. The van der Waals surface area contributed by atoms with Gasteiger partial charge in [-0.1, -0.05) is 64.3 Å². The van der Waals surface area contributed by atoms with Gasteiger partial charge in [-0.15, -0.1) is 0 Å². The van der Waals surface area contributed by atoms with Crippen LogP contribution in [0.2, 0.25) is 0 Å². The summed E-state index contributed by atoms with van der Waals surface area (Å²) in [7, 11) is 1.78. The predicted octanol–water partition coefficient (Wildman–Crippen LogP) is 6.62. The molecule has 0 aliphatic heterocycles. The molecule has 5 nitrogen and oxygen atoms in total. The van der Waals surface area contributed by atoms with Crippen LogP contribution in [0.5, 0.6) is 0 Å². The second-order valence-electron chi connectivity index (χ2n) is 10.1. The molecule has 0 amide bonds. The zero-order valence-corrected chi connectivity index (χ0v) is 24.2. The van der Waals surface area contributed by atoms with Crippen molar-refractivity contribution in [1.82, 2.24) is 10.6 Å². The molecule has 0 heterocycles. The van der Waals surface area contributed by atoms with Gasteiger partial charge in [0.1, 0.15) is 0 Å². The van der Waals surface area contributed by atoms with Crippen molar-refractivity contribution in [2.45, 2.75) is 78.8 Å². The Labute approximate surface area is 228 Å². The van der Waals surface area contributed by atoms with Gasteiger partial charge in [0.15, 0.2) is 0 Å². The van der Waals surface area contributed by atoms with Crippen LogP contribution in [0.4, 0.5) is 11.4 Å². The lowest BCUT2D eigenvalue weighted by Gasteiger charge is -2.25. The predicted molar refractivity (Wildman–Crippen MR) is 162 cm³/mol. The lowest BCUT2D eigenvalue weighted by Crippen LogP contribution is -2.27. The van der Waals surface area contributed by atoms with Crippen molar-refractivity contribution in [1.29, 1.82) is 0 Å². The molecule has 0 atom stereocenters. The molecule has 0 saturated heterocycles. The summed E-state index contributed by atoms with van der Waals surface area (Å²) in [6, 6.07) is 18.2. The molecule has 0 radical (unpaired) electrons. The van der Waals surface area contributed by atoms with Crippen molar-refractivity contribution in [3.8, 4) is 0 Å². The van der Waals surface area contributed by atoms with Crippen LogP contribution in [0.1, 0.15) is 76.8 Å². The van der Waals surface area contributed by atoms with Crippen LogP contribution < -0.4 is 20.4 Å². The first kappa shape index (κ1) is 31.1. The Morgan fingerprint density at radius 3 is 1.30 bits per heavy atom. The Bertz CT molecular complexity index is 785. The molecule has 0 saturated carbocycles. The molecular weight excluding hydrogens is 456 g/mol. The second kappa shape index (κ2) is 20.0. The van der Waals surface area contributed by atoms with Gasteiger partial charge >= 0.3 is 0 Å². The number of hydrogen-bond acceptors (Lipinski definition) is 5. The molecule has 0 fully saturated rings. The first-order valence-corrected chi connectivity index (χ1v) is 14.8. The number of nitrogens with one attached hydrogen (secondary N) is 2. The molecule has 2 rings (SSSR count). The number of rotatable bonds is 22. The highest BCUT2D eigenvalue weighted by Gasteiger charge is 2.07. The number of hydrogen-bond donors (Lipinski definition) is 2. The minimum atomic E-state index is 0.820. The molecular formula is C32H54N4O. The molecule has 208 valence electrons. The maximum atomic E-state index is 5.24. The first-order valence-electron chi connectivity index (χ1n) is 14.8. The SMILES string of the molecule is CCCCN(CCCC)c1ccc(CNCCNCc2ccc(N(CCCC)CCCOC)cc2)cc1. The van der Waals surface area contributed by atoms with Crippen LogP contribution in [0.15, 0.2) is 48.5 Å². The first-order chi connectivity index (χ1) is 18.2. The summed E-state index contributed by atoms with van der Waals surface area (Å²) in [4.78, 5) is 5.04. The molecule has 0 spiro atoms. The number of methoxy groups -OCH3 is 1. The second-order valence-corrected chi connectivity index (χ2v) is 10.1. The van der Waals surface area contributed by atoms with Crippen molar-refractivity contribution >= 4 is 11.4 Å². The van der Waals surface area contributed by atoms with Gasteiger partial charge in [-0.05, 0) is 61.1 Å². The van der Waals surface area contributed by atoms with Gasteiger partial charge in [-0.2, -0.15) is 0 Å². The third kappa shape index (κ3) is 12.8. The molecule has 2 aromatic rings. The monoisotopic (exact) mass is 510 g/mol. The van der Waals surface area contributed by atoms with Crippen LogP contribution in [0.25, 0.3) is 0 Å². The number of benzene rings is 2. The fraction of sp³-hybridized carbons (Fsp3) is 0.625. The van der Waals surface area contributed by atoms with Crippen molar-refractivity contribution < 1.29 is 4.74 Å². The maximum absolute atomic E-state index is 5.24. The fourth-order valence-corrected chi connectivity index (χ4v) is 4.48. The normalized spacial score (nSPS) is 11.1. The van der Waals surface area contributed by atoms with Crippen LogP contribution in [-0.2, 0) is 17.8 Å². The van der Waals surface area contributed by atoms with E-state index in [0.717, 1.165) is 65.4 Å². The summed E-state index contributed by atoms with van der Waals surface area (Å²) in [5.74, 6) is 0. The Balaban J connectivity index is 1.69. The largest absolute Gasteiger partial charge is 0.385 e. The summed E-state index contributed by atoms with van der Waals surface area (Å²) >= 11 is 0. The maximum Gasteiger partial charge on any atom is 0.0479 e. The van der Waals surface area contributed by atoms with Gasteiger partial charge in [-0.25, -0.2) is 0 Å². The summed E-state index contributed by atoms with van der Waals surface area (Å²) in [5.41, 5.74) is 5.37. The van der Waals surface area contributed by atoms with Crippen LogP contribution in [0, 0.1) is 0 Å². The molecule has 0 bridgehead atoms. The fourth-order valence-electron chi connectivity index (χ4n) is 4.48. The third-order valence-electron chi connectivity index (χ3n) is 6.86. The summed E-state index contributed by atoms with van der Waals surface area (Å²) in [5, 5.41) is 7.16. The van der Waals surface area contributed by atoms with Crippen LogP contribution >= 0.6 is 0 Å². The van der Waals surface area contributed by atoms with Gasteiger partial charge in [0.2, 0.25) is 0 Å². The van der Waals surface area contributed by atoms with Gasteiger partial charge in [0, 0.05) is 77.4 Å². The topological polar surface area (TPSA) is 39.8 Å². The van der Waals surface area contributed by atoms with E-state index >= 15 is 0 Å². The Morgan fingerprint density at radius 2 is 0.946 bits per heavy atom. The summed E-state index contributed by atoms with van der Waals surface area (Å²) in [6.07, 6.45) is 8.53. The van der Waals surface area contributed by atoms with Crippen molar-refractivity contribution in [2.24, 2.45) is 0 Å². The van der Waals surface area contributed by atoms with E-state index in [1.807, 2.05) is 0 Å². The van der Waals surface area contributed by atoms with E-state index in [2.05, 4.69) is 89.7 Å². The molecule has 5 heteroatoms. The van der Waals surface area contributed by atoms with Gasteiger partial charge in [0.25, 0.3) is 0 Å². The van der Waals surface area contributed by atoms with Crippen molar-refractivity contribution in [3.05, 3.63) is 59.7 Å². The van der Waals surface area contributed by atoms with Crippen LogP contribution in [-0.4, -0.2) is 53.0 Å². The standard InChI is InChI=1S/C32H54N4O/c1-5-8-22-35(23-9-6-2)31-16-12-29(13-17-31)27-33-20-21-34-28-30-14-18-32(19-15-30)36(24-10-7-3)25-11-26-37-4/h12-19,33-34H,5-11,20-28H2,1-4H3. The van der Waals surface area contributed by atoms with Crippen LogP contribution in [0.3, 0.4) is 0 Å². The van der Waals surface area contributed by atoms with E-state index in [1.165, 1.54) is 61.0 Å². The van der Waals surface area contributed by atoms with Crippen molar-refractivity contribution in [3.63, 3.8) is 0 Å². The van der Waals surface area contributed by atoms with Crippen molar-refractivity contribution in [2.75, 3.05) is 62.8 Å². The van der Waals surface area contributed by atoms with Gasteiger partial charge in [0.05, 0.1) is 0 Å². The number of anilines is 2. The van der Waals surface area contributed by atoms with E-state index in [1.54, 1.807) is 7.11 Å². The zero-order valence-electron chi connectivity index (χ0n) is 24.2. The van der Waals surface area contributed by atoms with E-state index in [-0.39, 0.29) is 0 Å². The number of unbranched alkanes of at least 4 members (excludes halogenated alkanes) is 3. The minimum absolute atomic E-state index is 0.820. The Morgan fingerprint density at radius 1 is 0.568 bits per heavy atom. The zero-order chi connectivity index (χ0) is 26.6. The molecule has 0 aliphatic rings. The molecule has 0 aromatic heterocycles. The van der Waals surface area contributed by atoms with E-state index in [4.69, 9.17) is 4.74 Å². The highest BCUT2D eigenvalue weighted by Crippen LogP contribution is 2.18. The Hall–Kier alpha value is -2.08. The van der Waals surface area contributed by atoms with Gasteiger partial charge in [-0.3, -0.25) is 0 Å². The summed E-state index contributed by atoms with van der Waals surface area (Å²) < 4.78 is 5.24. The van der Waals surface area contributed by atoms with Gasteiger partial charge < -0.3 is 25.2 Å². The third-order valence-corrected chi connectivity index (χ3v) is 6.86. The minimum Gasteiger partial charge on any atom is -0.385 e. The highest BCUT2D eigenvalue weighted by atomic mass is 16.5. The summed E-state index contributed by atoms with van der Waals surface area (Å²) in [6.45, 7) is 15.8. The van der Waals surface area contributed by atoms with E-state index in [9.17, 15) is 0 Å². The Kier molecular flexibility index (Phi) is 16.8. The number of nitrogens with zero attached hydrogens (tertiary/aromatic N) is 2. The highest BCUT2D eigenvalue weighted by molar-refractivity contribution is 5.48. The molecule has 2 N–H and O–H groups in total. The smallest absolute Gasteiger partial charge is 0.0479 e.